The topological polar surface area (TPSA) is 90.4 Å². The van der Waals surface area contributed by atoms with E-state index in [4.69, 9.17) is 4.74 Å². The van der Waals surface area contributed by atoms with Gasteiger partial charge in [-0.3, -0.25) is 0 Å². The molecule has 0 aliphatic carbocycles. The molecule has 1 rings (SSSR count). The Morgan fingerprint density at radius 2 is 1.95 bits per heavy atom. The number of carbonyl (C=O) groups excluding carboxylic acids is 2. The summed E-state index contributed by atoms with van der Waals surface area (Å²) < 4.78 is 9.44. The van der Waals surface area contributed by atoms with Gasteiger partial charge in [0, 0.05) is 11.8 Å². The second-order valence-electron chi connectivity index (χ2n) is 4.91. The lowest BCUT2D eigenvalue weighted by molar-refractivity contribution is -0.145. The van der Waals surface area contributed by atoms with Crippen LogP contribution in [0, 0.1) is 6.92 Å². The summed E-state index contributed by atoms with van der Waals surface area (Å²) in [5, 5.41) is 3.03. The van der Waals surface area contributed by atoms with Crippen molar-refractivity contribution in [2.45, 2.75) is 39.2 Å². The van der Waals surface area contributed by atoms with Crippen LogP contribution in [0.2, 0.25) is 0 Å². The van der Waals surface area contributed by atoms with E-state index in [1.165, 1.54) is 14.2 Å². The van der Waals surface area contributed by atoms with Gasteiger partial charge in [-0.25, -0.2) is 19.6 Å². The van der Waals surface area contributed by atoms with Crippen LogP contribution in [0.15, 0.2) is 6.07 Å². The number of hydrogen-bond donors (Lipinski definition) is 1. The average Bonchev–Trinajstić information content (AvgIpc) is 2.44. The average molecular weight is 295 g/mol. The highest BCUT2D eigenvalue weighted by atomic mass is 16.5. The Kier molecular flexibility index (Phi) is 5.63. The maximum atomic E-state index is 12.0. The Balaban J connectivity index is 3.12. The molecule has 1 aromatic heterocycles. The highest BCUT2D eigenvalue weighted by Gasteiger charge is 2.34. The molecular formula is C14H21N3O4. The van der Waals surface area contributed by atoms with Crippen molar-refractivity contribution in [2.24, 2.45) is 0 Å². The van der Waals surface area contributed by atoms with E-state index in [1.54, 1.807) is 19.9 Å². The number of nitrogens with one attached hydrogen (secondary N) is 1. The molecule has 7 nitrogen and oxygen atoms in total. The third-order valence-corrected chi connectivity index (χ3v) is 3.01. The molecule has 0 amide bonds. The number of rotatable bonds is 6. The van der Waals surface area contributed by atoms with E-state index in [9.17, 15) is 9.59 Å². The zero-order valence-electron chi connectivity index (χ0n) is 13.0. The monoisotopic (exact) mass is 295 g/mol. The Morgan fingerprint density at radius 1 is 1.29 bits per heavy atom. The van der Waals surface area contributed by atoms with Crippen LogP contribution in [-0.2, 0) is 14.3 Å². The van der Waals surface area contributed by atoms with Gasteiger partial charge in [0.2, 0.25) is 5.82 Å². The lowest BCUT2D eigenvalue weighted by atomic mass is 9.96. The quantitative estimate of drug-likeness (QED) is 0.799. The number of carbonyl (C=O) groups is 2. The molecule has 0 radical (unpaired) electrons. The van der Waals surface area contributed by atoms with E-state index in [0.29, 0.717) is 17.9 Å². The molecule has 1 N–H and O–H groups in total. The number of anilines is 1. The molecule has 1 atom stereocenters. The molecular weight excluding hydrogens is 274 g/mol. The molecule has 1 heterocycles. The molecule has 0 spiro atoms. The fraction of sp³-hybridized carbons (Fsp3) is 0.571. The van der Waals surface area contributed by atoms with Crippen molar-refractivity contribution in [1.29, 1.82) is 0 Å². The van der Waals surface area contributed by atoms with Crippen molar-refractivity contribution in [3.8, 4) is 0 Å². The summed E-state index contributed by atoms with van der Waals surface area (Å²) in [6, 6.07) is 1.66. The van der Waals surface area contributed by atoms with Crippen molar-refractivity contribution in [3.05, 3.63) is 17.6 Å². The summed E-state index contributed by atoms with van der Waals surface area (Å²) in [6.45, 7) is 5.43. The maximum Gasteiger partial charge on any atom is 0.376 e. The van der Waals surface area contributed by atoms with Gasteiger partial charge in [0.1, 0.15) is 11.4 Å². The largest absolute Gasteiger partial charge is 0.467 e. The molecule has 0 aromatic carbocycles. The van der Waals surface area contributed by atoms with Crippen molar-refractivity contribution in [3.63, 3.8) is 0 Å². The molecule has 0 fully saturated rings. The van der Waals surface area contributed by atoms with Crippen LogP contribution in [0.25, 0.3) is 0 Å². The normalized spacial score (nSPS) is 13.2. The standard InChI is InChI=1S/C14H21N3O4/c1-6-7-14(3,13(19)21-5)17-10-8-9(2)15-11(16-10)12(18)20-4/h8H,6-7H2,1-5H3,(H,15,16,17). The number of nitrogens with zero attached hydrogens (tertiary/aromatic N) is 2. The van der Waals surface area contributed by atoms with Gasteiger partial charge in [-0.05, 0) is 20.3 Å². The minimum Gasteiger partial charge on any atom is -0.467 e. The van der Waals surface area contributed by atoms with Crippen LogP contribution in [0.4, 0.5) is 5.82 Å². The fourth-order valence-electron chi connectivity index (χ4n) is 2.04. The van der Waals surface area contributed by atoms with E-state index in [2.05, 4.69) is 20.0 Å². The van der Waals surface area contributed by atoms with Crippen LogP contribution in [-0.4, -0.2) is 41.7 Å². The minimum atomic E-state index is -0.919. The summed E-state index contributed by atoms with van der Waals surface area (Å²) in [7, 11) is 2.60. The summed E-state index contributed by atoms with van der Waals surface area (Å²) in [6.07, 6.45) is 1.35. The molecule has 21 heavy (non-hydrogen) atoms. The molecule has 0 aliphatic heterocycles. The van der Waals surface area contributed by atoms with Gasteiger partial charge in [0.25, 0.3) is 0 Å². The SMILES string of the molecule is CCCC(C)(Nc1cc(C)nc(C(=O)OC)n1)C(=O)OC. The van der Waals surface area contributed by atoms with Gasteiger partial charge in [0.05, 0.1) is 14.2 Å². The van der Waals surface area contributed by atoms with Gasteiger partial charge >= 0.3 is 11.9 Å². The number of aryl methyl sites for hydroxylation is 1. The first-order valence-corrected chi connectivity index (χ1v) is 6.67. The van der Waals surface area contributed by atoms with E-state index in [-0.39, 0.29) is 11.8 Å². The number of ether oxygens (including phenoxy) is 2. The van der Waals surface area contributed by atoms with Gasteiger partial charge in [-0.1, -0.05) is 13.3 Å². The van der Waals surface area contributed by atoms with Crippen molar-refractivity contribution < 1.29 is 19.1 Å². The first kappa shape index (κ1) is 16.9. The molecule has 0 saturated carbocycles. The molecule has 116 valence electrons. The number of esters is 2. The van der Waals surface area contributed by atoms with Crippen LogP contribution in [0.5, 0.6) is 0 Å². The molecule has 0 saturated heterocycles. The van der Waals surface area contributed by atoms with E-state index in [0.717, 1.165) is 6.42 Å². The summed E-state index contributed by atoms with van der Waals surface area (Å²) in [5.41, 5.74) is -0.325. The third kappa shape index (κ3) is 4.14. The van der Waals surface area contributed by atoms with Gasteiger partial charge in [-0.2, -0.15) is 0 Å². The summed E-state index contributed by atoms with van der Waals surface area (Å²) in [4.78, 5) is 31.6. The predicted octanol–water partition coefficient (Wildman–Crippen LogP) is 1.72. The van der Waals surface area contributed by atoms with Crippen LogP contribution in [0.3, 0.4) is 0 Å². The van der Waals surface area contributed by atoms with Crippen molar-refractivity contribution in [2.75, 3.05) is 19.5 Å². The highest BCUT2D eigenvalue weighted by molar-refractivity contribution is 5.86. The Morgan fingerprint density at radius 3 is 2.48 bits per heavy atom. The van der Waals surface area contributed by atoms with Crippen LogP contribution < -0.4 is 5.32 Å². The Labute approximate surface area is 124 Å². The number of hydrogen-bond acceptors (Lipinski definition) is 7. The lowest BCUT2D eigenvalue weighted by Gasteiger charge is -2.28. The third-order valence-electron chi connectivity index (χ3n) is 3.01. The van der Waals surface area contributed by atoms with E-state index < -0.39 is 11.5 Å². The molecule has 1 aromatic rings. The zero-order chi connectivity index (χ0) is 16.0. The molecule has 0 aliphatic rings. The zero-order valence-corrected chi connectivity index (χ0v) is 13.0. The second kappa shape index (κ2) is 7.01. The first-order chi connectivity index (χ1) is 9.86. The second-order valence-corrected chi connectivity index (χ2v) is 4.91. The smallest absolute Gasteiger partial charge is 0.376 e. The molecule has 1 unspecified atom stereocenters. The maximum absolute atomic E-state index is 12.0. The lowest BCUT2D eigenvalue weighted by Crippen LogP contribution is -2.44. The predicted molar refractivity (Wildman–Crippen MR) is 77.1 cm³/mol. The number of methoxy groups -OCH3 is 2. The first-order valence-electron chi connectivity index (χ1n) is 6.67. The summed E-state index contributed by atoms with van der Waals surface area (Å²) >= 11 is 0. The fourth-order valence-corrected chi connectivity index (χ4v) is 2.04. The molecule has 7 heteroatoms. The Hall–Kier alpha value is -2.18. The van der Waals surface area contributed by atoms with Gasteiger partial charge < -0.3 is 14.8 Å². The molecule has 0 bridgehead atoms. The van der Waals surface area contributed by atoms with Crippen LogP contribution in [0.1, 0.15) is 43.0 Å². The van der Waals surface area contributed by atoms with E-state index in [1.807, 2.05) is 6.92 Å². The van der Waals surface area contributed by atoms with Crippen LogP contribution >= 0.6 is 0 Å². The minimum absolute atomic E-state index is 0.0521. The van der Waals surface area contributed by atoms with Gasteiger partial charge in [0.15, 0.2) is 0 Å². The summed E-state index contributed by atoms with van der Waals surface area (Å²) in [5.74, 6) is -0.690. The van der Waals surface area contributed by atoms with E-state index >= 15 is 0 Å². The van der Waals surface area contributed by atoms with Crippen molar-refractivity contribution >= 4 is 17.8 Å². The number of aromatic nitrogens is 2. The highest BCUT2D eigenvalue weighted by Crippen LogP contribution is 2.21. The Bertz CT molecular complexity index is 533. The van der Waals surface area contributed by atoms with Crippen molar-refractivity contribution in [1.82, 2.24) is 9.97 Å². The van der Waals surface area contributed by atoms with Gasteiger partial charge in [-0.15, -0.1) is 0 Å².